The number of carbonyl (C=O) groups is 3. The van der Waals surface area contributed by atoms with E-state index in [1.165, 1.54) is 0 Å². The van der Waals surface area contributed by atoms with Crippen LogP contribution in [0.5, 0.6) is 17.2 Å². The molecule has 3 aliphatic heterocycles. The van der Waals surface area contributed by atoms with Gasteiger partial charge in [-0.25, -0.2) is 0 Å². The van der Waals surface area contributed by atoms with Crippen molar-refractivity contribution in [2.24, 2.45) is 17.8 Å². The van der Waals surface area contributed by atoms with Gasteiger partial charge < -0.3 is 19.3 Å². The number of aldehydes is 1. The second-order valence-electron chi connectivity index (χ2n) is 13.5. The Hall–Kier alpha value is -3.19. The standard InChI is InChI=1S/C33H38O7/c1-17(2)8-9-21-27-20(11-12-30(4,5)38-27)25(35)24-26(36)22-14-19-15-23-31(6,7)40-32(29(19)37,13-10-18(3)16-34)33(22,23)39-28(21)24/h8,10-12,16,19,22-23,35H,9,13-15H2,1-7H3/t19-,22-,23-,32-,33+/m0/s1. The molecule has 5 atom stereocenters. The molecule has 1 aromatic carbocycles. The molecule has 1 aromatic rings. The molecule has 4 fully saturated rings. The summed E-state index contributed by atoms with van der Waals surface area (Å²) in [5.41, 5.74) is -1.20. The Kier molecular flexibility index (Phi) is 5.68. The second kappa shape index (κ2) is 8.41. The molecule has 0 amide bonds. The molecule has 3 aliphatic carbocycles. The van der Waals surface area contributed by atoms with Crippen LogP contribution in [0.2, 0.25) is 0 Å². The summed E-state index contributed by atoms with van der Waals surface area (Å²) in [6.45, 7) is 13.5. The molecule has 1 N–H and O–H groups in total. The second-order valence-corrected chi connectivity index (χ2v) is 13.5. The van der Waals surface area contributed by atoms with Crippen molar-refractivity contribution in [3.63, 3.8) is 0 Å². The van der Waals surface area contributed by atoms with Gasteiger partial charge in [-0.15, -0.1) is 0 Å². The number of allylic oxidation sites excluding steroid dienone is 3. The maximum absolute atomic E-state index is 14.6. The van der Waals surface area contributed by atoms with Crippen molar-refractivity contribution in [2.45, 2.75) is 96.6 Å². The van der Waals surface area contributed by atoms with Gasteiger partial charge >= 0.3 is 0 Å². The van der Waals surface area contributed by atoms with E-state index < -0.39 is 28.3 Å². The molecule has 7 heteroatoms. The Labute approximate surface area is 235 Å². The van der Waals surface area contributed by atoms with Crippen molar-refractivity contribution < 1.29 is 33.7 Å². The van der Waals surface area contributed by atoms with Crippen LogP contribution in [-0.4, -0.2) is 45.4 Å². The first kappa shape index (κ1) is 27.0. The molecule has 7 nitrogen and oxygen atoms in total. The van der Waals surface area contributed by atoms with Gasteiger partial charge in [0.1, 0.15) is 34.7 Å². The summed E-state index contributed by atoms with van der Waals surface area (Å²) >= 11 is 0. The van der Waals surface area contributed by atoms with Crippen LogP contribution in [0.15, 0.2) is 29.4 Å². The van der Waals surface area contributed by atoms with Gasteiger partial charge in [-0.2, -0.15) is 0 Å². The molecule has 40 heavy (non-hydrogen) atoms. The van der Waals surface area contributed by atoms with Crippen LogP contribution in [0.3, 0.4) is 0 Å². The third-order valence-corrected chi connectivity index (χ3v) is 9.73. The van der Waals surface area contributed by atoms with Crippen LogP contribution >= 0.6 is 0 Å². The number of aromatic hydroxyl groups is 1. The first-order valence-corrected chi connectivity index (χ1v) is 14.2. The highest BCUT2D eigenvalue weighted by Crippen LogP contribution is 2.70. The molecule has 0 unspecified atom stereocenters. The minimum absolute atomic E-state index is 0.0647. The normalized spacial score (nSPS) is 33.9. The Balaban J connectivity index is 1.65. The summed E-state index contributed by atoms with van der Waals surface area (Å²) < 4.78 is 20.3. The van der Waals surface area contributed by atoms with Crippen LogP contribution < -0.4 is 9.47 Å². The van der Waals surface area contributed by atoms with Crippen molar-refractivity contribution in [1.82, 2.24) is 0 Å². The third-order valence-electron chi connectivity index (χ3n) is 9.73. The van der Waals surface area contributed by atoms with Gasteiger partial charge in [-0.05, 0) is 85.5 Å². The zero-order valence-corrected chi connectivity index (χ0v) is 24.3. The number of fused-ring (bicyclic) bond motifs is 2. The third kappa shape index (κ3) is 3.36. The number of hydrogen-bond donors (Lipinski definition) is 1. The summed E-state index contributed by atoms with van der Waals surface area (Å²) in [4.78, 5) is 40.3. The molecular weight excluding hydrogens is 508 g/mol. The molecule has 6 aliphatic rings. The fourth-order valence-corrected chi connectivity index (χ4v) is 7.98. The highest BCUT2D eigenvalue weighted by Gasteiger charge is 2.83. The fraction of sp³-hybridized carbons (Fsp3) is 0.545. The summed E-state index contributed by atoms with van der Waals surface area (Å²) in [5.74, 6) is -0.935. The van der Waals surface area contributed by atoms with Crippen LogP contribution in [0.25, 0.3) is 6.08 Å². The fourth-order valence-electron chi connectivity index (χ4n) is 7.98. The van der Waals surface area contributed by atoms with Crippen molar-refractivity contribution in [1.29, 1.82) is 0 Å². The van der Waals surface area contributed by atoms with Gasteiger partial charge in [0.15, 0.2) is 22.8 Å². The van der Waals surface area contributed by atoms with Crippen molar-refractivity contribution in [2.75, 3.05) is 0 Å². The van der Waals surface area contributed by atoms with Crippen LogP contribution in [0, 0.1) is 17.8 Å². The van der Waals surface area contributed by atoms with Crippen LogP contribution in [0.1, 0.15) is 89.2 Å². The van der Waals surface area contributed by atoms with E-state index in [1.807, 2.05) is 59.8 Å². The number of rotatable bonds is 5. The van der Waals surface area contributed by atoms with E-state index in [0.29, 0.717) is 41.7 Å². The molecule has 1 spiro atoms. The lowest BCUT2D eigenvalue weighted by Gasteiger charge is -2.60. The van der Waals surface area contributed by atoms with Gasteiger partial charge in [-0.1, -0.05) is 17.7 Å². The van der Waals surface area contributed by atoms with Crippen LogP contribution in [0.4, 0.5) is 0 Å². The average Bonchev–Trinajstić information content (AvgIpc) is 3.03. The first-order chi connectivity index (χ1) is 18.7. The van der Waals surface area contributed by atoms with E-state index >= 15 is 0 Å². The van der Waals surface area contributed by atoms with Crippen molar-refractivity contribution in [3.8, 4) is 17.2 Å². The van der Waals surface area contributed by atoms with Crippen molar-refractivity contribution >= 4 is 23.9 Å². The molecule has 212 valence electrons. The number of ketones is 2. The highest BCUT2D eigenvalue weighted by atomic mass is 16.6. The summed E-state index contributed by atoms with van der Waals surface area (Å²) in [6.07, 6.45) is 9.69. The van der Waals surface area contributed by atoms with Gasteiger partial charge in [0, 0.05) is 23.8 Å². The quantitative estimate of drug-likeness (QED) is 0.287. The lowest BCUT2D eigenvalue weighted by Crippen LogP contribution is -2.76. The zero-order chi connectivity index (χ0) is 29.0. The molecule has 3 saturated carbocycles. The molecule has 3 heterocycles. The largest absolute Gasteiger partial charge is 0.506 e. The zero-order valence-electron chi connectivity index (χ0n) is 24.3. The van der Waals surface area contributed by atoms with Gasteiger partial charge in [0.05, 0.1) is 17.1 Å². The van der Waals surface area contributed by atoms with E-state index in [4.69, 9.17) is 14.2 Å². The minimum Gasteiger partial charge on any atom is -0.506 e. The summed E-state index contributed by atoms with van der Waals surface area (Å²) in [5, 5.41) is 11.6. The summed E-state index contributed by atoms with van der Waals surface area (Å²) in [6, 6.07) is 0. The number of Topliss-reactive ketones (excluding diaryl/α,β-unsaturated/α-hetero) is 2. The topological polar surface area (TPSA) is 99.1 Å². The van der Waals surface area contributed by atoms with Crippen molar-refractivity contribution in [3.05, 3.63) is 46.1 Å². The molecule has 4 bridgehead atoms. The lowest BCUT2D eigenvalue weighted by atomic mass is 9.46. The van der Waals surface area contributed by atoms with E-state index in [9.17, 15) is 19.5 Å². The Morgan fingerprint density at radius 1 is 1.05 bits per heavy atom. The van der Waals surface area contributed by atoms with E-state index in [2.05, 4.69) is 0 Å². The molecule has 0 radical (unpaired) electrons. The van der Waals surface area contributed by atoms with Gasteiger partial charge in [-0.3, -0.25) is 14.4 Å². The highest BCUT2D eigenvalue weighted by molar-refractivity contribution is 6.09. The monoisotopic (exact) mass is 546 g/mol. The number of benzene rings is 1. The molecular formula is C33H38O7. The number of hydrogen-bond acceptors (Lipinski definition) is 7. The van der Waals surface area contributed by atoms with Crippen LogP contribution in [-0.2, 0) is 20.7 Å². The Bertz CT molecular complexity index is 1450. The Morgan fingerprint density at radius 3 is 2.45 bits per heavy atom. The predicted octanol–water partition coefficient (Wildman–Crippen LogP) is 5.71. The minimum atomic E-state index is -1.43. The SMILES string of the molecule is CC(C)=CCc1c2c(c(O)c3c1O[C@]14[C@@H](C[C@H]5C[C@H]1C(C)(C)O[C@@]4(CC=C(C)C=O)C5=O)C3=O)C=CC(C)(C)O2. The smallest absolute Gasteiger partial charge is 0.177 e. The molecule has 7 rings (SSSR count). The van der Waals surface area contributed by atoms with Gasteiger partial charge in [0.25, 0.3) is 0 Å². The maximum atomic E-state index is 14.6. The number of phenols is 1. The molecule has 1 saturated heterocycles. The summed E-state index contributed by atoms with van der Waals surface area (Å²) in [7, 11) is 0. The molecule has 0 aromatic heterocycles. The number of ether oxygens (including phenoxy) is 3. The first-order valence-electron chi connectivity index (χ1n) is 14.2. The Morgan fingerprint density at radius 2 is 1.77 bits per heavy atom. The average molecular weight is 547 g/mol. The maximum Gasteiger partial charge on any atom is 0.177 e. The lowest BCUT2D eigenvalue weighted by molar-refractivity contribution is -0.199. The number of carbonyl (C=O) groups excluding carboxylic acids is 3. The van der Waals surface area contributed by atoms with E-state index in [-0.39, 0.29) is 46.9 Å². The number of phenolic OH excluding ortho intramolecular Hbond substituents is 1. The van der Waals surface area contributed by atoms with E-state index in [0.717, 1.165) is 11.9 Å². The van der Waals surface area contributed by atoms with E-state index in [1.54, 1.807) is 13.0 Å². The van der Waals surface area contributed by atoms with Gasteiger partial charge in [0.2, 0.25) is 0 Å². The predicted molar refractivity (Wildman–Crippen MR) is 150 cm³/mol.